The Morgan fingerprint density at radius 1 is 1.22 bits per heavy atom. The van der Waals surface area contributed by atoms with E-state index >= 15 is 0 Å². The second-order valence-electron chi connectivity index (χ2n) is 6.75. The number of amides is 1. The van der Waals surface area contributed by atoms with E-state index in [0.717, 1.165) is 31.6 Å². The molecule has 6 nitrogen and oxygen atoms in total. The highest BCUT2D eigenvalue weighted by atomic mass is 16.2. The van der Waals surface area contributed by atoms with Crippen LogP contribution in [0.1, 0.15) is 41.7 Å². The van der Waals surface area contributed by atoms with Gasteiger partial charge in [-0.3, -0.25) is 4.79 Å². The summed E-state index contributed by atoms with van der Waals surface area (Å²) in [5, 5.41) is 4.44. The third kappa shape index (κ3) is 2.32. The van der Waals surface area contributed by atoms with Crippen LogP contribution in [0, 0.1) is 6.92 Å². The quantitative estimate of drug-likeness (QED) is 0.847. The maximum atomic E-state index is 13.2. The van der Waals surface area contributed by atoms with Gasteiger partial charge in [-0.15, -0.1) is 0 Å². The van der Waals surface area contributed by atoms with Crippen molar-refractivity contribution in [1.82, 2.24) is 24.4 Å². The number of hydrogen-bond donors (Lipinski definition) is 0. The molecule has 4 rings (SSSR count). The van der Waals surface area contributed by atoms with E-state index in [1.807, 2.05) is 19.2 Å². The zero-order valence-electron chi connectivity index (χ0n) is 13.8. The minimum absolute atomic E-state index is 0.0963. The molecule has 4 heterocycles. The Morgan fingerprint density at radius 2 is 2.00 bits per heavy atom. The van der Waals surface area contributed by atoms with E-state index < -0.39 is 0 Å². The van der Waals surface area contributed by atoms with Crippen molar-refractivity contribution in [2.75, 3.05) is 20.1 Å². The summed E-state index contributed by atoms with van der Waals surface area (Å²) in [5.41, 5.74) is 2.10. The van der Waals surface area contributed by atoms with Crippen LogP contribution >= 0.6 is 0 Å². The molecule has 0 spiro atoms. The number of aromatic nitrogens is 3. The molecule has 0 saturated carbocycles. The minimum Gasteiger partial charge on any atom is -0.334 e. The van der Waals surface area contributed by atoms with Gasteiger partial charge in [-0.25, -0.2) is 9.50 Å². The minimum atomic E-state index is 0.0963. The van der Waals surface area contributed by atoms with Gasteiger partial charge in [0.2, 0.25) is 0 Å². The van der Waals surface area contributed by atoms with Crippen LogP contribution in [0.2, 0.25) is 0 Å². The molecule has 2 aromatic rings. The van der Waals surface area contributed by atoms with Crippen LogP contribution in [0.4, 0.5) is 0 Å². The van der Waals surface area contributed by atoms with Crippen molar-refractivity contribution in [3.63, 3.8) is 0 Å². The molecule has 2 fully saturated rings. The highest BCUT2D eigenvalue weighted by Crippen LogP contribution is 2.31. The lowest BCUT2D eigenvalue weighted by Gasteiger charge is -2.33. The second kappa shape index (κ2) is 5.60. The van der Waals surface area contributed by atoms with Gasteiger partial charge >= 0.3 is 0 Å². The predicted molar refractivity (Wildman–Crippen MR) is 87.4 cm³/mol. The molecule has 0 N–H and O–H groups in total. The van der Waals surface area contributed by atoms with E-state index in [1.165, 1.54) is 12.8 Å². The van der Waals surface area contributed by atoms with Crippen LogP contribution in [-0.4, -0.2) is 62.5 Å². The molecule has 2 saturated heterocycles. The summed E-state index contributed by atoms with van der Waals surface area (Å²) in [6.07, 6.45) is 8.19. The Balaban J connectivity index is 1.68. The Morgan fingerprint density at radius 3 is 2.78 bits per heavy atom. The summed E-state index contributed by atoms with van der Waals surface area (Å²) in [6, 6.07) is 2.66. The Bertz CT molecular complexity index is 740. The first-order chi connectivity index (χ1) is 11.2. The lowest BCUT2D eigenvalue weighted by atomic mass is 10.0. The average molecular weight is 313 g/mol. The molecule has 2 aromatic heterocycles. The SMILES string of the molecule is Cc1nn2cccnc2c1C(=O)N1CCC[C@@H]1[C@H]1CCCN1C. The number of likely N-dealkylation sites (tertiary alicyclic amines) is 2. The fourth-order valence-electron chi connectivity index (χ4n) is 4.26. The molecule has 122 valence electrons. The fourth-order valence-corrected chi connectivity index (χ4v) is 4.26. The lowest BCUT2D eigenvalue weighted by molar-refractivity contribution is 0.0665. The summed E-state index contributed by atoms with van der Waals surface area (Å²) >= 11 is 0. The maximum Gasteiger partial charge on any atom is 0.259 e. The molecule has 0 aliphatic carbocycles. The monoisotopic (exact) mass is 313 g/mol. The van der Waals surface area contributed by atoms with Gasteiger partial charge in [0.1, 0.15) is 5.56 Å². The maximum absolute atomic E-state index is 13.2. The third-order valence-electron chi connectivity index (χ3n) is 5.37. The highest BCUT2D eigenvalue weighted by molar-refractivity contribution is 6.01. The molecule has 0 unspecified atom stereocenters. The van der Waals surface area contributed by atoms with Gasteiger partial charge in [0.05, 0.1) is 5.69 Å². The number of hydrogen-bond acceptors (Lipinski definition) is 4. The van der Waals surface area contributed by atoms with E-state index in [-0.39, 0.29) is 5.91 Å². The average Bonchev–Trinajstić information content (AvgIpc) is 3.23. The van der Waals surface area contributed by atoms with E-state index in [4.69, 9.17) is 0 Å². The fraction of sp³-hybridized carbons (Fsp3) is 0.588. The van der Waals surface area contributed by atoms with Crippen molar-refractivity contribution in [2.24, 2.45) is 0 Å². The molecule has 2 atom stereocenters. The van der Waals surface area contributed by atoms with Crippen LogP contribution in [0.5, 0.6) is 0 Å². The Hall–Kier alpha value is -1.95. The van der Waals surface area contributed by atoms with Crippen molar-refractivity contribution < 1.29 is 4.79 Å². The summed E-state index contributed by atoms with van der Waals surface area (Å²) in [6.45, 7) is 3.88. The van der Waals surface area contributed by atoms with Gasteiger partial charge in [-0.05, 0) is 52.3 Å². The van der Waals surface area contributed by atoms with Crippen molar-refractivity contribution in [2.45, 2.75) is 44.7 Å². The van der Waals surface area contributed by atoms with E-state index in [1.54, 1.807) is 10.7 Å². The zero-order valence-corrected chi connectivity index (χ0v) is 13.8. The molecule has 0 aromatic carbocycles. The van der Waals surface area contributed by atoms with Crippen molar-refractivity contribution in [3.05, 3.63) is 29.7 Å². The molecular formula is C17H23N5O. The topological polar surface area (TPSA) is 53.7 Å². The molecule has 1 amide bonds. The van der Waals surface area contributed by atoms with Crippen molar-refractivity contribution in [1.29, 1.82) is 0 Å². The molecule has 2 aliphatic heterocycles. The molecule has 23 heavy (non-hydrogen) atoms. The summed E-state index contributed by atoms with van der Waals surface area (Å²) in [4.78, 5) is 22.1. The predicted octanol–water partition coefficient (Wildman–Crippen LogP) is 1.74. The van der Waals surface area contributed by atoms with Gasteiger partial charge in [-0.1, -0.05) is 0 Å². The van der Waals surface area contributed by atoms with Gasteiger partial charge in [-0.2, -0.15) is 5.10 Å². The van der Waals surface area contributed by atoms with E-state index in [9.17, 15) is 4.79 Å². The van der Waals surface area contributed by atoms with Crippen molar-refractivity contribution >= 4 is 11.6 Å². The van der Waals surface area contributed by atoms with Crippen LogP contribution in [-0.2, 0) is 0 Å². The largest absolute Gasteiger partial charge is 0.334 e. The number of aryl methyl sites for hydroxylation is 1. The second-order valence-corrected chi connectivity index (χ2v) is 6.75. The first kappa shape index (κ1) is 14.6. The van der Waals surface area contributed by atoms with E-state index in [0.29, 0.717) is 23.3 Å². The number of likely N-dealkylation sites (N-methyl/N-ethyl adjacent to an activating group) is 1. The standard InChI is InChI=1S/C17H23N5O/c1-12-15(16-18-8-5-11-22(16)19-12)17(23)21-10-4-7-14(21)13-6-3-9-20(13)2/h5,8,11,13-14H,3-4,6-7,9-10H2,1-2H3/t13-,14-/m1/s1. The Labute approximate surface area is 136 Å². The number of carbonyl (C=O) groups excluding carboxylic acids is 1. The smallest absolute Gasteiger partial charge is 0.259 e. The summed E-state index contributed by atoms with van der Waals surface area (Å²) in [7, 11) is 2.18. The highest BCUT2D eigenvalue weighted by Gasteiger charge is 2.39. The van der Waals surface area contributed by atoms with Gasteiger partial charge in [0.15, 0.2) is 5.65 Å². The van der Waals surface area contributed by atoms with Gasteiger partial charge in [0.25, 0.3) is 5.91 Å². The Kier molecular flexibility index (Phi) is 3.56. The number of fused-ring (bicyclic) bond motifs is 1. The summed E-state index contributed by atoms with van der Waals surface area (Å²) < 4.78 is 1.70. The molecule has 6 heteroatoms. The third-order valence-corrected chi connectivity index (χ3v) is 5.37. The van der Waals surface area contributed by atoms with Crippen LogP contribution in [0.25, 0.3) is 5.65 Å². The summed E-state index contributed by atoms with van der Waals surface area (Å²) in [5.74, 6) is 0.0963. The van der Waals surface area contributed by atoms with Crippen LogP contribution < -0.4 is 0 Å². The molecular weight excluding hydrogens is 290 g/mol. The first-order valence-electron chi connectivity index (χ1n) is 8.48. The van der Waals surface area contributed by atoms with Gasteiger partial charge in [0, 0.05) is 31.0 Å². The number of carbonyl (C=O) groups is 1. The lowest BCUT2D eigenvalue weighted by Crippen LogP contribution is -2.47. The van der Waals surface area contributed by atoms with E-state index in [2.05, 4.69) is 26.9 Å². The number of rotatable bonds is 2. The first-order valence-corrected chi connectivity index (χ1v) is 8.48. The molecule has 2 aliphatic rings. The van der Waals surface area contributed by atoms with Crippen LogP contribution in [0.15, 0.2) is 18.5 Å². The van der Waals surface area contributed by atoms with Crippen molar-refractivity contribution in [3.8, 4) is 0 Å². The number of nitrogens with zero attached hydrogens (tertiary/aromatic N) is 5. The van der Waals surface area contributed by atoms with Crippen LogP contribution in [0.3, 0.4) is 0 Å². The zero-order chi connectivity index (χ0) is 16.0. The van der Waals surface area contributed by atoms with Gasteiger partial charge < -0.3 is 9.80 Å². The normalized spacial score (nSPS) is 25.6. The molecule has 0 bridgehead atoms. The molecule has 0 radical (unpaired) electrons.